The molecule has 1 atom stereocenters. The number of hydrogen-bond donors (Lipinski definition) is 1. The van der Waals surface area contributed by atoms with Crippen LogP contribution in [0.4, 0.5) is 5.69 Å². The van der Waals surface area contributed by atoms with E-state index < -0.39 is 22.7 Å². The Labute approximate surface area is 160 Å². The molecule has 144 valence electrons. The predicted octanol–water partition coefficient (Wildman–Crippen LogP) is 2.66. The largest absolute Gasteiger partial charge is 0.507 e. The molecule has 2 aromatic carbocycles. The number of ether oxygens (including phenoxy) is 1. The fourth-order valence-electron chi connectivity index (χ4n) is 3.21. The Morgan fingerprint density at radius 3 is 2.54 bits per heavy atom. The lowest BCUT2D eigenvalue weighted by Crippen LogP contribution is -2.32. The molecule has 1 heterocycles. The van der Waals surface area contributed by atoms with Crippen molar-refractivity contribution in [2.45, 2.75) is 6.04 Å². The first-order chi connectivity index (χ1) is 13.5. The summed E-state index contributed by atoms with van der Waals surface area (Å²) in [6.07, 6.45) is 0. The first-order valence-electron chi connectivity index (χ1n) is 8.52. The molecule has 0 aliphatic carbocycles. The number of amides is 1. The van der Waals surface area contributed by atoms with E-state index in [0.29, 0.717) is 11.1 Å². The number of methoxy groups -OCH3 is 1. The fraction of sp³-hybridized carbons (Fsp3) is 0.200. The summed E-state index contributed by atoms with van der Waals surface area (Å²) in [5.74, 6) is -1.95. The molecule has 8 nitrogen and oxygen atoms in total. The molecule has 0 saturated carbocycles. The maximum atomic E-state index is 12.7. The third-order valence-corrected chi connectivity index (χ3v) is 4.52. The number of carbonyl (C=O) groups is 2. The molecule has 8 heteroatoms. The maximum absolute atomic E-state index is 12.7. The molecule has 28 heavy (non-hydrogen) atoms. The van der Waals surface area contributed by atoms with Crippen molar-refractivity contribution in [1.82, 2.24) is 4.90 Å². The molecular weight excluding hydrogens is 364 g/mol. The third-order valence-electron chi connectivity index (χ3n) is 4.52. The van der Waals surface area contributed by atoms with E-state index in [1.54, 1.807) is 36.4 Å². The minimum Gasteiger partial charge on any atom is -0.507 e. The van der Waals surface area contributed by atoms with Gasteiger partial charge in [-0.2, -0.15) is 0 Å². The van der Waals surface area contributed by atoms with Gasteiger partial charge in [-0.15, -0.1) is 0 Å². The Balaban J connectivity index is 2.18. The summed E-state index contributed by atoms with van der Waals surface area (Å²) in [4.78, 5) is 37.2. The summed E-state index contributed by atoms with van der Waals surface area (Å²) < 4.78 is 5.02. The fourth-order valence-corrected chi connectivity index (χ4v) is 3.21. The number of carbonyl (C=O) groups excluding carboxylic acids is 2. The van der Waals surface area contributed by atoms with Gasteiger partial charge in [0, 0.05) is 31.4 Å². The summed E-state index contributed by atoms with van der Waals surface area (Å²) >= 11 is 0. The number of likely N-dealkylation sites (tertiary alicyclic amines) is 1. The standard InChI is InChI=1S/C20H18N2O6/c1-28-11-10-21-17(14-8-5-9-15(12-14)22(26)27)16(19(24)20(21)25)18(23)13-6-3-2-4-7-13/h2-9,12,17,23H,10-11H2,1H3/t17-/m0/s1. The second-order valence-corrected chi connectivity index (χ2v) is 6.20. The Kier molecular flexibility index (Phi) is 5.51. The Morgan fingerprint density at radius 2 is 1.89 bits per heavy atom. The van der Waals surface area contributed by atoms with Crippen molar-refractivity contribution < 1.29 is 24.4 Å². The average Bonchev–Trinajstić information content (AvgIpc) is 2.97. The van der Waals surface area contributed by atoms with Crippen molar-refractivity contribution in [3.8, 4) is 0 Å². The molecule has 0 unspecified atom stereocenters. The van der Waals surface area contributed by atoms with E-state index in [-0.39, 0.29) is 30.2 Å². The lowest BCUT2D eigenvalue weighted by atomic mass is 9.95. The van der Waals surface area contributed by atoms with Gasteiger partial charge >= 0.3 is 0 Å². The third kappa shape index (κ3) is 3.49. The quantitative estimate of drug-likeness (QED) is 0.270. The maximum Gasteiger partial charge on any atom is 0.295 e. The van der Waals surface area contributed by atoms with Gasteiger partial charge in [-0.25, -0.2) is 0 Å². The van der Waals surface area contributed by atoms with Crippen LogP contribution in [-0.4, -0.2) is 46.9 Å². The highest BCUT2D eigenvalue weighted by Crippen LogP contribution is 2.39. The normalized spacial score (nSPS) is 18.5. The van der Waals surface area contributed by atoms with Crippen molar-refractivity contribution in [2.24, 2.45) is 0 Å². The monoisotopic (exact) mass is 382 g/mol. The number of ketones is 1. The number of aliphatic hydroxyl groups excluding tert-OH is 1. The topological polar surface area (TPSA) is 110 Å². The van der Waals surface area contributed by atoms with E-state index in [2.05, 4.69) is 0 Å². The van der Waals surface area contributed by atoms with Crippen LogP contribution in [0.15, 0.2) is 60.2 Å². The molecule has 1 aliphatic rings. The number of rotatable bonds is 6. The van der Waals surface area contributed by atoms with Crippen LogP contribution in [0.5, 0.6) is 0 Å². The van der Waals surface area contributed by atoms with Crippen LogP contribution in [0.3, 0.4) is 0 Å². The van der Waals surface area contributed by atoms with Gasteiger partial charge in [0.25, 0.3) is 17.4 Å². The highest BCUT2D eigenvalue weighted by Gasteiger charge is 2.46. The number of Topliss-reactive ketones (excluding diaryl/α,β-unsaturated/α-hetero) is 1. The van der Waals surface area contributed by atoms with Gasteiger partial charge in [0.05, 0.1) is 23.1 Å². The molecule has 0 bridgehead atoms. The highest BCUT2D eigenvalue weighted by molar-refractivity contribution is 6.46. The van der Waals surface area contributed by atoms with Gasteiger partial charge in [0.2, 0.25) is 0 Å². The zero-order valence-electron chi connectivity index (χ0n) is 15.1. The Bertz CT molecular complexity index is 954. The number of nitro groups is 1. The first kappa shape index (κ1) is 19.2. The van der Waals surface area contributed by atoms with E-state index >= 15 is 0 Å². The molecule has 1 aliphatic heterocycles. The van der Waals surface area contributed by atoms with E-state index in [9.17, 15) is 24.8 Å². The molecule has 2 aromatic rings. The van der Waals surface area contributed by atoms with E-state index in [0.717, 1.165) is 0 Å². The van der Waals surface area contributed by atoms with Gasteiger partial charge < -0.3 is 14.7 Å². The number of aliphatic hydroxyl groups is 1. The molecule has 1 amide bonds. The van der Waals surface area contributed by atoms with Gasteiger partial charge in [-0.05, 0) is 5.56 Å². The Hall–Kier alpha value is -3.52. The summed E-state index contributed by atoms with van der Waals surface area (Å²) in [7, 11) is 1.46. The summed E-state index contributed by atoms with van der Waals surface area (Å²) in [5.41, 5.74) is 0.465. The summed E-state index contributed by atoms with van der Waals surface area (Å²) in [6.45, 7) is 0.268. The van der Waals surface area contributed by atoms with Crippen molar-refractivity contribution in [2.75, 3.05) is 20.3 Å². The summed E-state index contributed by atoms with van der Waals surface area (Å²) in [5, 5.41) is 21.9. The van der Waals surface area contributed by atoms with Crippen LogP contribution in [0, 0.1) is 10.1 Å². The highest BCUT2D eigenvalue weighted by atomic mass is 16.6. The predicted molar refractivity (Wildman–Crippen MR) is 100 cm³/mol. The molecule has 0 radical (unpaired) electrons. The van der Waals surface area contributed by atoms with E-state index in [1.807, 2.05) is 0 Å². The zero-order valence-corrected chi connectivity index (χ0v) is 15.1. The zero-order chi connectivity index (χ0) is 20.3. The minimum absolute atomic E-state index is 0.0972. The smallest absolute Gasteiger partial charge is 0.295 e. The first-order valence-corrected chi connectivity index (χ1v) is 8.52. The van der Waals surface area contributed by atoms with Crippen molar-refractivity contribution in [3.05, 3.63) is 81.4 Å². The number of hydrogen-bond acceptors (Lipinski definition) is 6. The van der Waals surface area contributed by atoms with Gasteiger partial charge in [0.15, 0.2) is 0 Å². The lowest BCUT2D eigenvalue weighted by Gasteiger charge is -2.24. The van der Waals surface area contributed by atoms with Gasteiger partial charge in [-0.1, -0.05) is 42.5 Å². The van der Waals surface area contributed by atoms with E-state index in [1.165, 1.54) is 30.2 Å². The van der Waals surface area contributed by atoms with Crippen LogP contribution in [0.1, 0.15) is 17.2 Å². The lowest BCUT2D eigenvalue weighted by molar-refractivity contribution is -0.384. The SMILES string of the molecule is COCCN1C(=O)C(=O)C(=C(O)c2ccccc2)[C@@H]1c1cccc([N+](=O)[O-])c1. The van der Waals surface area contributed by atoms with Gasteiger partial charge in [0.1, 0.15) is 5.76 Å². The van der Waals surface area contributed by atoms with E-state index in [4.69, 9.17) is 4.74 Å². The number of benzene rings is 2. The molecular formula is C20H18N2O6. The van der Waals surface area contributed by atoms with Crippen LogP contribution >= 0.6 is 0 Å². The number of non-ortho nitro benzene ring substituents is 1. The molecule has 1 N–H and O–H groups in total. The van der Waals surface area contributed by atoms with Crippen LogP contribution in [-0.2, 0) is 14.3 Å². The summed E-state index contributed by atoms with van der Waals surface area (Å²) in [6, 6.07) is 13.1. The molecule has 0 aromatic heterocycles. The second kappa shape index (κ2) is 8.01. The molecule has 3 rings (SSSR count). The number of nitro benzene ring substituents is 1. The minimum atomic E-state index is -0.949. The van der Waals surface area contributed by atoms with Gasteiger partial charge in [-0.3, -0.25) is 19.7 Å². The molecule has 1 fully saturated rings. The molecule has 0 spiro atoms. The second-order valence-electron chi connectivity index (χ2n) is 6.20. The van der Waals surface area contributed by atoms with Crippen molar-refractivity contribution >= 4 is 23.1 Å². The van der Waals surface area contributed by atoms with Crippen LogP contribution in [0.25, 0.3) is 5.76 Å². The van der Waals surface area contributed by atoms with Crippen molar-refractivity contribution in [3.63, 3.8) is 0 Å². The van der Waals surface area contributed by atoms with Crippen LogP contribution < -0.4 is 0 Å². The van der Waals surface area contributed by atoms with Crippen molar-refractivity contribution in [1.29, 1.82) is 0 Å². The molecule has 1 saturated heterocycles. The van der Waals surface area contributed by atoms with Crippen LogP contribution in [0.2, 0.25) is 0 Å². The number of nitrogens with zero attached hydrogens (tertiary/aromatic N) is 2. The Morgan fingerprint density at radius 1 is 1.18 bits per heavy atom. The average molecular weight is 382 g/mol.